The van der Waals surface area contributed by atoms with Crippen molar-refractivity contribution < 1.29 is 32.7 Å². The molecule has 4 unspecified atom stereocenters. The van der Waals surface area contributed by atoms with Crippen LogP contribution in [0.1, 0.15) is 39.0 Å². The zero-order valence-electron chi connectivity index (χ0n) is 21.8. The SMILES string of the molecule is Cc1cccc(C(=O)C2C(c3ccc(F)cc3)C(C(=O)O)N(C(=O)Nc3ccc(F)cc3)C2c2ccc(F)cc2)c1. The number of hydrogen-bond acceptors (Lipinski definition) is 3. The molecule has 6 nitrogen and oxygen atoms in total. The van der Waals surface area contributed by atoms with E-state index in [-0.39, 0.29) is 5.69 Å². The number of aliphatic carboxylic acids is 1. The number of benzene rings is 4. The van der Waals surface area contributed by atoms with Crippen LogP contribution in [0.15, 0.2) is 97.1 Å². The van der Waals surface area contributed by atoms with Crippen molar-refractivity contribution in [2.45, 2.75) is 24.9 Å². The second-order valence-corrected chi connectivity index (χ2v) is 9.96. The van der Waals surface area contributed by atoms with Crippen LogP contribution in [0.4, 0.5) is 23.7 Å². The van der Waals surface area contributed by atoms with Gasteiger partial charge in [-0.05, 0) is 72.6 Å². The zero-order valence-corrected chi connectivity index (χ0v) is 21.8. The van der Waals surface area contributed by atoms with Gasteiger partial charge >= 0.3 is 12.0 Å². The maximum atomic E-state index is 14.3. The Morgan fingerprint density at radius 1 is 0.756 bits per heavy atom. The summed E-state index contributed by atoms with van der Waals surface area (Å²) >= 11 is 0. The smallest absolute Gasteiger partial charge is 0.327 e. The largest absolute Gasteiger partial charge is 0.480 e. The van der Waals surface area contributed by atoms with Crippen LogP contribution >= 0.6 is 0 Å². The van der Waals surface area contributed by atoms with Crippen LogP contribution in [0.3, 0.4) is 0 Å². The second kappa shape index (κ2) is 11.3. The second-order valence-electron chi connectivity index (χ2n) is 9.96. The van der Waals surface area contributed by atoms with Gasteiger partial charge in [-0.3, -0.25) is 4.79 Å². The van der Waals surface area contributed by atoms with E-state index in [2.05, 4.69) is 5.32 Å². The van der Waals surface area contributed by atoms with Crippen LogP contribution in [-0.4, -0.2) is 33.8 Å². The molecular formula is C32H25F3N2O4. The van der Waals surface area contributed by atoms with Crippen molar-refractivity contribution >= 4 is 23.5 Å². The standard InChI is InChI=1S/C32H25F3N2O4/c1-18-3-2-4-21(17-18)30(38)27-26(19-5-9-22(33)10-6-19)29(31(39)40)37(28(27)20-7-11-23(34)12-8-20)32(41)36-25-15-13-24(35)14-16-25/h2-17,26-29H,1H3,(H,36,41)(H,39,40). The monoisotopic (exact) mass is 558 g/mol. The van der Waals surface area contributed by atoms with E-state index in [1.165, 1.54) is 48.5 Å². The average molecular weight is 559 g/mol. The molecule has 9 heteroatoms. The fourth-order valence-corrected chi connectivity index (χ4v) is 5.56. The Hall–Kier alpha value is -4.92. The normalized spacial score (nSPS) is 20.0. The van der Waals surface area contributed by atoms with Crippen LogP contribution in [0.5, 0.6) is 0 Å². The van der Waals surface area contributed by atoms with E-state index in [4.69, 9.17) is 0 Å². The molecule has 1 aliphatic heterocycles. The van der Waals surface area contributed by atoms with Crippen molar-refractivity contribution in [2.24, 2.45) is 5.92 Å². The third-order valence-electron chi connectivity index (χ3n) is 7.32. The fourth-order valence-electron chi connectivity index (χ4n) is 5.56. The number of nitrogens with zero attached hydrogens (tertiary/aromatic N) is 1. The van der Waals surface area contributed by atoms with E-state index >= 15 is 0 Å². The van der Waals surface area contributed by atoms with Gasteiger partial charge in [-0.1, -0.05) is 48.0 Å². The molecule has 1 fully saturated rings. The first-order chi connectivity index (χ1) is 19.6. The number of carboxylic acid groups (broad SMARTS) is 1. The number of ketones is 1. The van der Waals surface area contributed by atoms with E-state index in [9.17, 15) is 32.7 Å². The van der Waals surface area contributed by atoms with Gasteiger partial charge in [0.2, 0.25) is 0 Å². The molecule has 5 rings (SSSR count). The number of halogens is 3. The molecule has 2 N–H and O–H groups in total. The van der Waals surface area contributed by atoms with Gasteiger partial charge in [0.25, 0.3) is 0 Å². The van der Waals surface area contributed by atoms with Gasteiger partial charge in [0.1, 0.15) is 23.5 Å². The summed E-state index contributed by atoms with van der Waals surface area (Å²) in [6.07, 6.45) is 0. The van der Waals surface area contributed by atoms with Gasteiger partial charge in [0.05, 0.1) is 12.0 Å². The summed E-state index contributed by atoms with van der Waals surface area (Å²) in [5.74, 6) is -5.71. The number of urea groups is 1. The quantitative estimate of drug-likeness (QED) is 0.257. The number of rotatable bonds is 6. The lowest BCUT2D eigenvalue weighted by molar-refractivity contribution is -0.142. The number of amides is 2. The minimum absolute atomic E-state index is 0.199. The lowest BCUT2D eigenvalue weighted by atomic mass is 9.76. The molecule has 0 spiro atoms. The first kappa shape index (κ1) is 27.6. The third kappa shape index (κ3) is 5.56. The summed E-state index contributed by atoms with van der Waals surface area (Å²) < 4.78 is 41.4. The maximum Gasteiger partial charge on any atom is 0.327 e. The van der Waals surface area contributed by atoms with Gasteiger partial charge in [-0.25, -0.2) is 22.8 Å². The Labute approximate surface area is 234 Å². The van der Waals surface area contributed by atoms with Gasteiger partial charge in [-0.15, -0.1) is 0 Å². The molecule has 0 radical (unpaired) electrons. The highest BCUT2D eigenvalue weighted by atomic mass is 19.1. The Morgan fingerprint density at radius 3 is 1.83 bits per heavy atom. The molecule has 4 atom stereocenters. The lowest BCUT2D eigenvalue weighted by Crippen LogP contribution is -2.45. The molecular weight excluding hydrogens is 533 g/mol. The van der Waals surface area contributed by atoms with Crippen LogP contribution in [0.25, 0.3) is 0 Å². The molecule has 0 aromatic heterocycles. The summed E-state index contributed by atoms with van der Waals surface area (Å²) in [5, 5.41) is 13.1. The predicted octanol–water partition coefficient (Wildman–Crippen LogP) is 6.74. The number of likely N-dealkylation sites (tertiary alicyclic amines) is 1. The van der Waals surface area contributed by atoms with Gasteiger partial charge in [0.15, 0.2) is 5.78 Å². The van der Waals surface area contributed by atoms with Crippen molar-refractivity contribution in [1.82, 2.24) is 4.90 Å². The molecule has 4 aromatic rings. The van der Waals surface area contributed by atoms with E-state index in [1.807, 2.05) is 13.0 Å². The molecule has 0 bridgehead atoms. The van der Waals surface area contributed by atoms with Crippen molar-refractivity contribution in [2.75, 3.05) is 5.32 Å². The van der Waals surface area contributed by atoms with E-state index in [1.54, 1.807) is 18.2 Å². The van der Waals surface area contributed by atoms with E-state index in [0.717, 1.165) is 34.7 Å². The first-order valence-corrected chi connectivity index (χ1v) is 12.8. The summed E-state index contributed by atoms with van der Waals surface area (Å²) in [7, 11) is 0. The van der Waals surface area contributed by atoms with Gasteiger partial charge in [-0.2, -0.15) is 0 Å². The maximum absolute atomic E-state index is 14.3. The fraction of sp³-hybridized carbons (Fsp3) is 0.156. The highest BCUT2D eigenvalue weighted by Gasteiger charge is 2.57. The molecule has 2 amide bonds. The number of aryl methyl sites for hydroxylation is 1. The Kier molecular flexibility index (Phi) is 7.61. The number of hydrogen-bond donors (Lipinski definition) is 2. The minimum Gasteiger partial charge on any atom is -0.480 e. The van der Waals surface area contributed by atoms with Crippen LogP contribution in [0, 0.1) is 30.3 Å². The Bertz CT molecular complexity index is 1590. The topological polar surface area (TPSA) is 86.7 Å². The highest BCUT2D eigenvalue weighted by Crippen LogP contribution is 2.51. The molecule has 0 aliphatic carbocycles. The average Bonchev–Trinajstić information content (AvgIpc) is 3.31. The van der Waals surface area contributed by atoms with E-state index < -0.39 is 59.2 Å². The summed E-state index contributed by atoms with van der Waals surface area (Å²) in [5.41, 5.74) is 1.98. The van der Waals surface area contributed by atoms with Crippen molar-refractivity contribution in [3.8, 4) is 0 Å². The molecule has 4 aromatic carbocycles. The van der Waals surface area contributed by atoms with Crippen LogP contribution < -0.4 is 5.32 Å². The Morgan fingerprint density at radius 2 is 1.29 bits per heavy atom. The molecule has 1 aliphatic rings. The molecule has 41 heavy (non-hydrogen) atoms. The van der Waals surface area contributed by atoms with Crippen LogP contribution in [0.2, 0.25) is 0 Å². The Balaban J connectivity index is 1.72. The van der Waals surface area contributed by atoms with Crippen LogP contribution in [-0.2, 0) is 4.79 Å². The number of carbonyl (C=O) groups is 3. The van der Waals surface area contributed by atoms with Gasteiger partial charge < -0.3 is 15.3 Å². The zero-order chi connectivity index (χ0) is 29.3. The first-order valence-electron chi connectivity index (χ1n) is 12.8. The summed E-state index contributed by atoms with van der Waals surface area (Å²) in [6.45, 7) is 1.81. The third-order valence-corrected chi connectivity index (χ3v) is 7.32. The number of anilines is 1. The van der Waals surface area contributed by atoms with Crippen molar-refractivity contribution in [3.63, 3.8) is 0 Å². The van der Waals surface area contributed by atoms with Gasteiger partial charge in [0, 0.05) is 17.2 Å². The minimum atomic E-state index is -1.57. The van der Waals surface area contributed by atoms with Crippen molar-refractivity contribution in [3.05, 3.63) is 137 Å². The highest BCUT2D eigenvalue weighted by molar-refractivity contribution is 6.02. The number of carboxylic acids is 1. The number of carbonyl (C=O) groups excluding carboxylic acids is 2. The lowest BCUT2D eigenvalue weighted by Gasteiger charge is -2.30. The number of Topliss-reactive ketones (excluding diaryl/α,β-unsaturated/α-hetero) is 1. The molecule has 208 valence electrons. The number of nitrogens with one attached hydrogen (secondary N) is 1. The molecule has 1 saturated heterocycles. The van der Waals surface area contributed by atoms with E-state index in [0.29, 0.717) is 16.7 Å². The molecule has 1 heterocycles. The predicted molar refractivity (Wildman–Crippen MR) is 146 cm³/mol. The summed E-state index contributed by atoms with van der Waals surface area (Å²) in [6, 6.07) is 18.4. The van der Waals surface area contributed by atoms with Crippen molar-refractivity contribution in [1.29, 1.82) is 0 Å². The molecule has 0 saturated carbocycles. The summed E-state index contributed by atoms with van der Waals surface area (Å²) in [4.78, 5) is 42.2.